The Bertz CT molecular complexity index is 918. The molecule has 0 unspecified atom stereocenters. The van der Waals surface area contributed by atoms with Crippen molar-refractivity contribution in [2.24, 2.45) is 0 Å². The van der Waals surface area contributed by atoms with Crippen LogP contribution in [0.15, 0.2) is 60.7 Å². The maximum absolute atomic E-state index is 11.9. The topological polar surface area (TPSA) is 69.4 Å². The Morgan fingerprint density at radius 3 is 2.48 bits per heavy atom. The van der Waals surface area contributed by atoms with Gasteiger partial charge in [-0.05, 0) is 34.7 Å². The van der Waals surface area contributed by atoms with E-state index in [9.17, 15) is 14.9 Å². The van der Waals surface area contributed by atoms with Gasteiger partial charge in [0, 0.05) is 6.07 Å². The third-order valence-corrected chi connectivity index (χ3v) is 3.68. The average Bonchev–Trinajstić information content (AvgIpc) is 2.60. The molecule has 0 fully saturated rings. The van der Waals surface area contributed by atoms with Crippen LogP contribution in [0, 0.1) is 10.1 Å². The van der Waals surface area contributed by atoms with Crippen LogP contribution in [0.25, 0.3) is 21.9 Å². The summed E-state index contributed by atoms with van der Waals surface area (Å²) in [5.74, 6) is -0.476. The molecule has 23 heavy (non-hydrogen) atoms. The summed E-state index contributed by atoms with van der Waals surface area (Å²) in [7, 11) is 1.31. The molecule has 114 valence electrons. The smallest absolute Gasteiger partial charge is 0.338 e. The van der Waals surface area contributed by atoms with Crippen LogP contribution in [0.2, 0.25) is 0 Å². The van der Waals surface area contributed by atoms with Crippen molar-refractivity contribution in [2.75, 3.05) is 7.11 Å². The van der Waals surface area contributed by atoms with Crippen LogP contribution in [0.1, 0.15) is 10.4 Å². The quantitative estimate of drug-likeness (QED) is 0.413. The standard InChI is InChI=1S/C18H13NO4/c1-23-18(20)16-9-5-4-7-14(16)13-10-12-6-2-3-8-15(12)17(11-13)19(21)22/h2-11H,1H3. The summed E-state index contributed by atoms with van der Waals surface area (Å²) in [6, 6.07) is 17.3. The van der Waals surface area contributed by atoms with E-state index in [0.717, 1.165) is 5.39 Å². The molecule has 0 spiro atoms. The largest absolute Gasteiger partial charge is 0.465 e. The number of fused-ring (bicyclic) bond motifs is 1. The van der Waals surface area contributed by atoms with Crippen molar-refractivity contribution < 1.29 is 14.5 Å². The highest BCUT2D eigenvalue weighted by Crippen LogP contribution is 2.33. The van der Waals surface area contributed by atoms with Crippen LogP contribution in [0.3, 0.4) is 0 Å². The first-order valence-electron chi connectivity index (χ1n) is 6.96. The summed E-state index contributed by atoms with van der Waals surface area (Å²) in [5.41, 5.74) is 1.60. The molecule has 0 amide bonds. The number of nitro groups is 1. The fourth-order valence-electron chi connectivity index (χ4n) is 2.62. The maximum atomic E-state index is 11.9. The molecule has 0 N–H and O–H groups in total. The summed E-state index contributed by atoms with van der Waals surface area (Å²) in [6.07, 6.45) is 0. The van der Waals surface area contributed by atoms with Gasteiger partial charge in [-0.15, -0.1) is 0 Å². The molecule has 0 aliphatic heterocycles. The molecule has 0 saturated heterocycles. The summed E-state index contributed by atoms with van der Waals surface area (Å²) in [4.78, 5) is 22.9. The molecule has 5 heteroatoms. The monoisotopic (exact) mass is 307 g/mol. The number of esters is 1. The van der Waals surface area contributed by atoms with Crippen molar-refractivity contribution in [2.45, 2.75) is 0 Å². The predicted octanol–water partition coefficient (Wildman–Crippen LogP) is 4.20. The Kier molecular flexibility index (Phi) is 3.76. The molecule has 0 bridgehead atoms. The Morgan fingerprint density at radius 1 is 1.04 bits per heavy atom. The minimum absolute atomic E-state index is 0.0118. The van der Waals surface area contributed by atoms with E-state index >= 15 is 0 Å². The zero-order valence-electron chi connectivity index (χ0n) is 12.4. The molecule has 0 aliphatic carbocycles. The van der Waals surface area contributed by atoms with E-state index < -0.39 is 10.9 Å². The Labute approximate surface area is 132 Å². The normalized spacial score (nSPS) is 10.5. The number of carbonyl (C=O) groups excluding carboxylic acids is 1. The van der Waals surface area contributed by atoms with Gasteiger partial charge < -0.3 is 4.74 Å². The lowest BCUT2D eigenvalue weighted by atomic mass is 9.96. The summed E-state index contributed by atoms with van der Waals surface area (Å²) in [5, 5.41) is 12.7. The van der Waals surface area contributed by atoms with Crippen molar-refractivity contribution in [3.8, 4) is 11.1 Å². The minimum Gasteiger partial charge on any atom is -0.465 e. The van der Waals surface area contributed by atoms with Crippen LogP contribution in [-0.2, 0) is 4.74 Å². The van der Waals surface area contributed by atoms with Gasteiger partial charge in [0.05, 0.1) is 23.0 Å². The van der Waals surface area contributed by atoms with Crippen molar-refractivity contribution in [1.29, 1.82) is 0 Å². The second kappa shape index (κ2) is 5.88. The predicted molar refractivity (Wildman–Crippen MR) is 87.4 cm³/mol. The number of hydrogen-bond donors (Lipinski definition) is 0. The first-order chi connectivity index (χ1) is 11.1. The fourth-order valence-corrected chi connectivity index (χ4v) is 2.62. The maximum Gasteiger partial charge on any atom is 0.338 e. The van der Waals surface area contributed by atoms with Crippen LogP contribution in [-0.4, -0.2) is 18.0 Å². The highest BCUT2D eigenvalue weighted by molar-refractivity contribution is 6.00. The highest BCUT2D eigenvalue weighted by atomic mass is 16.6. The van der Waals surface area contributed by atoms with E-state index in [1.807, 2.05) is 18.2 Å². The van der Waals surface area contributed by atoms with E-state index in [1.54, 1.807) is 36.4 Å². The van der Waals surface area contributed by atoms with E-state index in [-0.39, 0.29) is 5.69 Å². The average molecular weight is 307 g/mol. The summed E-state index contributed by atoms with van der Waals surface area (Å²) >= 11 is 0. The number of ether oxygens (including phenoxy) is 1. The van der Waals surface area contributed by atoms with Gasteiger partial charge >= 0.3 is 5.97 Å². The molecular formula is C18H13NO4. The molecule has 0 atom stereocenters. The minimum atomic E-state index is -0.476. The molecule has 5 nitrogen and oxygen atoms in total. The second-order valence-corrected chi connectivity index (χ2v) is 5.01. The van der Waals surface area contributed by atoms with E-state index in [1.165, 1.54) is 13.2 Å². The molecule has 0 saturated carbocycles. The van der Waals surface area contributed by atoms with Gasteiger partial charge in [0.15, 0.2) is 0 Å². The van der Waals surface area contributed by atoms with Crippen LogP contribution < -0.4 is 0 Å². The molecule has 0 radical (unpaired) electrons. The molecule has 3 aromatic carbocycles. The molecule has 3 aromatic rings. The summed E-state index contributed by atoms with van der Waals surface area (Å²) in [6.45, 7) is 0. The van der Waals surface area contributed by atoms with E-state index in [4.69, 9.17) is 4.74 Å². The van der Waals surface area contributed by atoms with Gasteiger partial charge in [-0.2, -0.15) is 0 Å². The third kappa shape index (κ3) is 2.64. The molecule has 3 rings (SSSR count). The van der Waals surface area contributed by atoms with Crippen molar-refractivity contribution in [3.63, 3.8) is 0 Å². The number of methoxy groups -OCH3 is 1. The zero-order valence-corrected chi connectivity index (χ0v) is 12.4. The molecule has 0 heterocycles. The number of nitro benzene ring substituents is 1. The van der Waals surface area contributed by atoms with Gasteiger partial charge in [-0.1, -0.05) is 36.4 Å². The van der Waals surface area contributed by atoms with Crippen LogP contribution in [0.5, 0.6) is 0 Å². The second-order valence-electron chi connectivity index (χ2n) is 5.01. The SMILES string of the molecule is COC(=O)c1ccccc1-c1cc([N+](=O)[O-])c2ccccc2c1. The highest BCUT2D eigenvalue weighted by Gasteiger charge is 2.18. The van der Waals surface area contributed by atoms with Crippen molar-refractivity contribution in [3.05, 3.63) is 76.3 Å². The number of rotatable bonds is 3. The first-order valence-corrected chi connectivity index (χ1v) is 6.96. The Balaban J connectivity index is 2.30. The lowest BCUT2D eigenvalue weighted by molar-refractivity contribution is -0.383. The van der Waals surface area contributed by atoms with Gasteiger partial charge in [-0.25, -0.2) is 4.79 Å². The third-order valence-electron chi connectivity index (χ3n) is 3.68. The van der Waals surface area contributed by atoms with Gasteiger partial charge in [0.25, 0.3) is 5.69 Å². The van der Waals surface area contributed by atoms with Crippen LogP contribution >= 0.6 is 0 Å². The number of nitrogens with zero attached hydrogens (tertiary/aromatic N) is 1. The van der Waals surface area contributed by atoms with Crippen LogP contribution in [0.4, 0.5) is 5.69 Å². The first kappa shape index (κ1) is 14.7. The van der Waals surface area contributed by atoms with Gasteiger partial charge in [-0.3, -0.25) is 10.1 Å². The number of carbonyl (C=O) groups is 1. The lowest BCUT2D eigenvalue weighted by Crippen LogP contribution is -2.03. The number of hydrogen-bond acceptors (Lipinski definition) is 4. The number of non-ortho nitro benzene ring substituents is 1. The molecular weight excluding hydrogens is 294 g/mol. The number of benzene rings is 3. The van der Waals surface area contributed by atoms with Gasteiger partial charge in [0.2, 0.25) is 0 Å². The Hall–Kier alpha value is -3.21. The van der Waals surface area contributed by atoms with Crippen molar-refractivity contribution in [1.82, 2.24) is 0 Å². The molecule has 0 aromatic heterocycles. The van der Waals surface area contributed by atoms with E-state index in [0.29, 0.717) is 22.1 Å². The van der Waals surface area contributed by atoms with E-state index in [2.05, 4.69) is 0 Å². The Morgan fingerprint density at radius 2 is 1.74 bits per heavy atom. The molecule has 0 aliphatic rings. The lowest BCUT2D eigenvalue weighted by Gasteiger charge is -2.09. The van der Waals surface area contributed by atoms with Gasteiger partial charge in [0.1, 0.15) is 0 Å². The zero-order chi connectivity index (χ0) is 16.4. The fraction of sp³-hybridized carbons (Fsp3) is 0.0556. The van der Waals surface area contributed by atoms with Crippen molar-refractivity contribution >= 4 is 22.4 Å². The summed E-state index contributed by atoms with van der Waals surface area (Å²) < 4.78 is 4.79.